The van der Waals surface area contributed by atoms with E-state index in [1.165, 1.54) is 0 Å². The monoisotopic (exact) mass is 254 g/mol. The molecule has 2 aliphatic rings. The molecule has 1 aliphatic heterocycles. The van der Waals surface area contributed by atoms with Crippen molar-refractivity contribution >= 4 is 11.8 Å². The molecule has 2 rings (SSSR count). The molecular formula is C13H22N2O3. The highest BCUT2D eigenvalue weighted by molar-refractivity contribution is 5.89. The van der Waals surface area contributed by atoms with Gasteiger partial charge in [-0.15, -0.1) is 0 Å². The Labute approximate surface area is 108 Å². The number of aliphatic hydroxyl groups is 1. The van der Waals surface area contributed by atoms with Crippen molar-refractivity contribution in [3.8, 4) is 0 Å². The van der Waals surface area contributed by atoms with E-state index in [1.807, 2.05) is 13.8 Å². The molecule has 0 aromatic heterocycles. The topological polar surface area (TPSA) is 69.6 Å². The molecule has 0 aromatic carbocycles. The Hall–Kier alpha value is -1.10. The average Bonchev–Trinajstić information content (AvgIpc) is 2.65. The van der Waals surface area contributed by atoms with Crippen LogP contribution in [-0.2, 0) is 9.59 Å². The van der Waals surface area contributed by atoms with Crippen molar-refractivity contribution in [3.63, 3.8) is 0 Å². The number of carbonyl (C=O) groups excluding carboxylic acids is 2. The third kappa shape index (κ3) is 2.66. The lowest BCUT2D eigenvalue weighted by Gasteiger charge is -2.36. The van der Waals surface area contributed by atoms with Gasteiger partial charge in [-0.3, -0.25) is 9.59 Å². The minimum Gasteiger partial charge on any atom is -0.388 e. The summed E-state index contributed by atoms with van der Waals surface area (Å²) in [5.41, 5.74) is -0.698. The van der Waals surface area contributed by atoms with Crippen LogP contribution in [0.4, 0.5) is 0 Å². The van der Waals surface area contributed by atoms with Gasteiger partial charge in [-0.05, 0) is 33.1 Å². The van der Waals surface area contributed by atoms with E-state index in [0.29, 0.717) is 19.5 Å². The highest BCUT2D eigenvalue weighted by Gasteiger charge is 2.38. The van der Waals surface area contributed by atoms with Crippen LogP contribution in [0.2, 0.25) is 0 Å². The zero-order chi connectivity index (χ0) is 13.3. The average molecular weight is 254 g/mol. The minimum absolute atomic E-state index is 0.0486. The molecule has 1 saturated heterocycles. The van der Waals surface area contributed by atoms with Gasteiger partial charge in [0.1, 0.15) is 0 Å². The van der Waals surface area contributed by atoms with Crippen LogP contribution in [0.5, 0.6) is 0 Å². The third-order valence-electron chi connectivity index (χ3n) is 4.03. The summed E-state index contributed by atoms with van der Waals surface area (Å²) < 4.78 is 0. The van der Waals surface area contributed by atoms with Gasteiger partial charge in [-0.25, -0.2) is 0 Å². The highest BCUT2D eigenvalue weighted by atomic mass is 16.3. The molecule has 0 spiro atoms. The van der Waals surface area contributed by atoms with Crippen LogP contribution in [0.25, 0.3) is 0 Å². The lowest BCUT2D eigenvalue weighted by Crippen LogP contribution is -2.49. The summed E-state index contributed by atoms with van der Waals surface area (Å²) in [6, 6.07) is 0.145. The number of likely N-dealkylation sites (tertiary alicyclic amines) is 1. The Morgan fingerprint density at radius 1 is 1.56 bits per heavy atom. The predicted octanol–water partition coefficient (Wildman–Crippen LogP) is 0.274. The minimum atomic E-state index is -0.698. The fourth-order valence-electron chi connectivity index (χ4n) is 2.56. The van der Waals surface area contributed by atoms with E-state index in [1.54, 1.807) is 4.90 Å². The van der Waals surface area contributed by atoms with Crippen molar-refractivity contribution in [2.75, 3.05) is 13.1 Å². The quantitative estimate of drug-likeness (QED) is 0.757. The molecule has 5 heteroatoms. The van der Waals surface area contributed by atoms with Gasteiger partial charge >= 0.3 is 0 Å². The van der Waals surface area contributed by atoms with Crippen molar-refractivity contribution in [1.29, 1.82) is 0 Å². The van der Waals surface area contributed by atoms with E-state index in [9.17, 15) is 14.7 Å². The van der Waals surface area contributed by atoms with Crippen molar-refractivity contribution in [2.24, 2.45) is 5.92 Å². The SMILES string of the molecule is CC(C)N1CC(C(=O)NCC2(O)CCC2)CC1=O. The molecule has 5 nitrogen and oxygen atoms in total. The van der Waals surface area contributed by atoms with Crippen molar-refractivity contribution in [1.82, 2.24) is 10.2 Å². The largest absolute Gasteiger partial charge is 0.388 e. The fourth-order valence-corrected chi connectivity index (χ4v) is 2.56. The molecule has 2 fully saturated rings. The van der Waals surface area contributed by atoms with Gasteiger partial charge in [0.25, 0.3) is 0 Å². The summed E-state index contributed by atoms with van der Waals surface area (Å²) in [7, 11) is 0. The normalized spacial score (nSPS) is 26.3. The Balaban J connectivity index is 1.81. The summed E-state index contributed by atoms with van der Waals surface area (Å²) in [5.74, 6) is -0.317. The third-order valence-corrected chi connectivity index (χ3v) is 4.03. The molecule has 1 saturated carbocycles. The summed E-state index contributed by atoms with van der Waals surface area (Å²) >= 11 is 0. The lowest BCUT2D eigenvalue weighted by molar-refractivity contribution is -0.130. The molecule has 1 heterocycles. The van der Waals surface area contributed by atoms with Gasteiger partial charge in [0, 0.05) is 25.6 Å². The summed E-state index contributed by atoms with van der Waals surface area (Å²) in [6.45, 7) is 4.73. The van der Waals surface area contributed by atoms with E-state index < -0.39 is 5.60 Å². The first-order valence-electron chi connectivity index (χ1n) is 6.71. The fraction of sp³-hybridized carbons (Fsp3) is 0.846. The molecule has 102 valence electrons. The number of rotatable bonds is 4. The van der Waals surface area contributed by atoms with Crippen LogP contribution in [-0.4, -0.2) is 46.6 Å². The van der Waals surface area contributed by atoms with Crippen LogP contribution < -0.4 is 5.32 Å². The van der Waals surface area contributed by atoms with E-state index >= 15 is 0 Å². The number of hydrogen-bond acceptors (Lipinski definition) is 3. The molecular weight excluding hydrogens is 232 g/mol. The van der Waals surface area contributed by atoms with Gasteiger partial charge < -0.3 is 15.3 Å². The predicted molar refractivity (Wildman–Crippen MR) is 66.8 cm³/mol. The van der Waals surface area contributed by atoms with E-state index in [-0.39, 0.29) is 23.8 Å². The summed E-state index contributed by atoms with van der Waals surface area (Å²) in [4.78, 5) is 25.4. The van der Waals surface area contributed by atoms with Gasteiger partial charge in [0.2, 0.25) is 11.8 Å². The molecule has 0 radical (unpaired) electrons. The first-order valence-corrected chi connectivity index (χ1v) is 6.71. The summed E-state index contributed by atoms with van der Waals surface area (Å²) in [6.07, 6.45) is 2.84. The maximum absolute atomic E-state index is 11.9. The molecule has 2 amide bonds. The van der Waals surface area contributed by atoms with E-state index in [0.717, 1.165) is 19.3 Å². The maximum Gasteiger partial charge on any atom is 0.225 e. The second kappa shape index (κ2) is 4.88. The Morgan fingerprint density at radius 2 is 2.22 bits per heavy atom. The number of nitrogens with zero attached hydrogens (tertiary/aromatic N) is 1. The number of amides is 2. The van der Waals surface area contributed by atoms with Crippen LogP contribution in [0, 0.1) is 5.92 Å². The van der Waals surface area contributed by atoms with Gasteiger partial charge in [0.15, 0.2) is 0 Å². The molecule has 18 heavy (non-hydrogen) atoms. The van der Waals surface area contributed by atoms with Crippen molar-refractivity contribution < 1.29 is 14.7 Å². The molecule has 1 unspecified atom stereocenters. The summed E-state index contributed by atoms with van der Waals surface area (Å²) in [5, 5.41) is 12.7. The van der Waals surface area contributed by atoms with E-state index in [2.05, 4.69) is 5.32 Å². The number of nitrogens with one attached hydrogen (secondary N) is 1. The van der Waals surface area contributed by atoms with Crippen molar-refractivity contribution in [3.05, 3.63) is 0 Å². The first kappa shape index (κ1) is 13.3. The van der Waals surface area contributed by atoms with Gasteiger partial charge in [0.05, 0.1) is 11.5 Å². The number of hydrogen-bond donors (Lipinski definition) is 2. The maximum atomic E-state index is 11.9. The Bertz CT molecular complexity index is 350. The second-order valence-electron chi connectivity index (χ2n) is 5.84. The smallest absolute Gasteiger partial charge is 0.225 e. The van der Waals surface area contributed by atoms with Crippen LogP contribution in [0.3, 0.4) is 0 Å². The Kier molecular flexibility index (Phi) is 3.61. The van der Waals surface area contributed by atoms with Crippen molar-refractivity contribution in [2.45, 2.75) is 51.2 Å². The molecule has 1 atom stereocenters. The van der Waals surface area contributed by atoms with Crippen LogP contribution in [0.1, 0.15) is 39.5 Å². The highest BCUT2D eigenvalue weighted by Crippen LogP contribution is 2.30. The second-order valence-corrected chi connectivity index (χ2v) is 5.84. The molecule has 1 aliphatic carbocycles. The molecule has 0 aromatic rings. The van der Waals surface area contributed by atoms with Gasteiger partial charge in [-0.2, -0.15) is 0 Å². The van der Waals surface area contributed by atoms with E-state index in [4.69, 9.17) is 0 Å². The lowest BCUT2D eigenvalue weighted by atomic mass is 9.80. The van der Waals surface area contributed by atoms with Gasteiger partial charge in [-0.1, -0.05) is 0 Å². The Morgan fingerprint density at radius 3 is 2.67 bits per heavy atom. The molecule has 0 bridgehead atoms. The first-order chi connectivity index (χ1) is 8.41. The zero-order valence-corrected chi connectivity index (χ0v) is 11.1. The zero-order valence-electron chi connectivity index (χ0n) is 11.1. The standard InChI is InChI=1S/C13H22N2O3/c1-9(2)15-7-10(6-11(15)16)12(17)14-8-13(18)4-3-5-13/h9-10,18H,3-8H2,1-2H3,(H,14,17). The van der Waals surface area contributed by atoms with Crippen LogP contribution in [0.15, 0.2) is 0 Å². The number of carbonyl (C=O) groups is 2. The van der Waals surface area contributed by atoms with Crippen LogP contribution >= 0.6 is 0 Å². The molecule has 2 N–H and O–H groups in total.